The van der Waals surface area contributed by atoms with E-state index >= 15 is 0 Å². The lowest BCUT2D eigenvalue weighted by molar-refractivity contribution is 0.0745. The Kier molecular flexibility index (Phi) is 5.64. The van der Waals surface area contributed by atoms with Crippen molar-refractivity contribution in [3.05, 3.63) is 0 Å². The molecule has 0 saturated heterocycles. The molecule has 10 heavy (non-hydrogen) atoms. The zero-order chi connectivity index (χ0) is 7.98. The maximum Gasteiger partial charge on any atom is 0.0562 e. The van der Waals surface area contributed by atoms with Crippen LogP contribution in [-0.4, -0.2) is 22.9 Å². The zero-order valence-corrected chi connectivity index (χ0v) is 6.88. The van der Waals surface area contributed by atoms with Crippen LogP contribution in [0.5, 0.6) is 0 Å². The summed E-state index contributed by atoms with van der Waals surface area (Å²) in [6, 6.07) is 0. The van der Waals surface area contributed by atoms with Gasteiger partial charge in [0, 0.05) is 12.5 Å². The number of rotatable bonds is 5. The third-order valence-corrected chi connectivity index (χ3v) is 1.85. The minimum Gasteiger partial charge on any atom is -0.396 e. The summed E-state index contributed by atoms with van der Waals surface area (Å²) in [4.78, 5) is 0. The highest BCUT2D eigenvalue weighted by Crippen LogP contribution is 2.11. The summed E-state index contributed by atoms with van der Waals surface area (Å²) >= 11 is 0. The van der Waals surface area contributed by atoms with Crippen LogP contribution < -0.4 is 0 Å². The molecule has 0 aromatic carbocycles. The fourth-order valence-corrected chi connectivity index (χ4v) is 0.951. The lowest BCUT2D eigenvalue weighted by Gasteiger charge is -2.15. The monoisotopic (exact) mass is 146 g/mol. The standard InChI is InChI=1S/C8H18O2/c1-3-4-5-8(6-9)7(2)10/h7-10H,3-6H2,1-2H3/t7-,8+/m0/s1. The Balaban J connectivity index is 3.40. The van der Waals surface area contributed by atoms with Crippen molar-refractivity contribution in [3.8, 4) is 0 Å². The maximum absolute atomic E-state index is 9.08. The van der Waals surface area contributed by atoms with Gasteiger partial charge in [-0.2, -0.15) is 0 Å². The first-order valence-electron chi connectivity index (χ1n) is 4.01. The van der Waals surface area contributed by atoms with Crippen molar-refractivity contribution in [1.29, 1.82) is 0 Å². The van der Waals surface area contributed by atoms with E-state index < -0.39 is 0 Å². The Hall–Kier alpha value is -0.0800. The maximum atomic E-state index is 9.08. The van der Waals surface area contributed by atoms with Crippen molar-refractivity contribution in [2.75, 3.05) is 6.61 Å². The second kappa shape index (κ2) is 5.69. The average Bonchev–Trinajstić information content (AvgIpc) is 1.89. The van der Waals surface area contributed by atoms with Crippen LogP contribution in [0.3, 0.4) is 0 Å². The van der Waals surface area contributed by atoms with Crippen LogP contribution in [0.1, 0.15) is 33.1 Å². The van der Waals surface area contributed by atoms with Crippen LogP contribution >= 0.6 is 0 Å². The molecule has 0 aliphatic carbocycles. The molecule has 0 aliphatic rings. The van der Waals surface area contributed by atoms with E-state index in [2.05, 4.69) is 6.92 Å². The van der Waals surface area contributed by atoms with Gasteiger partial charge in [0.2, 0.25) is 0 Å². The van der Waals surface area contributed by atoms with Crippen LogP contribution in [0.2, 0.25) is 0 Å². The Morgan fingerprint density at radius 1 is 1.40 bits per heavy atom. The normalized spacial score (nSPS) is 16.8. The smallest absolute Gasteiger partial charge is 0.0562 e. The quantitative estimate of drug-likeness (QED) is 0.611. The van der Waals surface area contributed by atoms with Gasteiger partial charge in [-0.1, -0.05) is 19.8 Å². The molecule has 2 N–H and O–H groups in total. The molecule has 2 heteroatoms. The molecule has 0 heterocycles. The van der Waals surface area contributed by atoms with Gasteiger partial charge in [0.15, 0.2) is 0 Å². The topological polar surface area (TPSA) is 40.5 Å². The van der Waals surface area contributed by atoms with Crippen molar-refractivity contribution in [2.45, 2.75) is 39.2 Å². The highest BCUT2D eigenvalue weighted by molar-refractivity contribution is 4.62. The predicted octanol–water partition coefficient (Wildman–Crippen LogP) is 1.17. The molecule has 2 nitrogen and oxygen atoms in total. The molecule has 0 spiro atoms. The lowest BCUT2D eigenvalue weighted by Crippen LogP contribution is -2.20. The average molecular weight is 146 g/mol. The zero-order valence-electron chi connectivity index (χ0n) is 6.88. The Bertz CT molecular complexity index is 71.7. The molecule has 62 valence electrons. The van der Waals surface area contributed by atoms with Gasteiger partial charge in [-0.3, -0.25) is 0 Å². The molecular weight excluding hydrogens is 128 g/mol. The van der Waals surface area contributed by atoms with Gasteiger partial charge < -0.3 is 10.2 Å². The molecule has 0 amide bonds. The molecule has 0 unspecified atom stereocenters. The van der Waals surface area contributed by atoms with E-state index in [0.29, 0.717) is 0 Å². The molecule has 0 fully saturated rings. The van der Waals surface area contributed by atoms with Gasteiger partial charge in [-0.25, -0.2) is 0 Å². The van der Waals surface area contributed by atoms with Gasteiger partial charge in [-0.05, 0) is 13.3 Å². The fourth-order valence-electron chi connectivity index (χ4n) is 0.951. The molecule has 0 aromatic rings. The molecule has 2 atom stereocenters. The van der Waals surface area contributed by atoms with Crippen molar-refractivity contribution < 1.29 is 10.2 Å². The van der Waals surface area contributed by atoms with E-state index in [4.69, 9.17) is 10.2 Å². The van der Waals surface area contributed by atoms with Gasteiger partial charge in [0.1, 0.15) is 0 Å². The molecule has 0 aromatic heterocycles. The van der Waals surface area contributed by atoms with E-state index in [9.17, 15) is 0 Å². The summed E-state index contributed by atoms with van der Waals surface area (Å²) in [6.07, 6.45) is 2.79. The number of hydrogen-bond acceptors (Lipinski definition) is 2. The Morgan fingerprint density at radius 3 is 2.30 bits per heavy atom. The fraction of sp³-hybridized carbons (Fsp3) is 1.00. The minimum atomic E-state index is -0.364. The van der Waals surface area contributed by atoms with E-state index in [0.717, 1.165) is 19.3 Å². The third kappa shape index (κ3) is 3.85. The van der Waals surface area contributed by atoms with Gasteiger partial charge >= 0.3 is 0 Å². The van der Waals surface area contributed by atoms with Crippen LogP contribution in [0, 0.1) is 5.92 Å². The summed E-state index contributed by atoms with van der Waals surface area (Å²) < 4.78 is 0. The summed E-state index contributed by atoms with van der Waals surface area (Å²) in [6.45, 7) is 3.95. The van der Waals surface area contributed by atoms with Crippen molar-refractivity contribution >= 4 is 0 Å². The van der Waals surface area contributed by atoms with Crippen LogP contribution in [0.25, 0.3) is 0 Å². The lowest BCUT2D eigenvalue weighted by atomic mass is 9.98. The predicted molar refractivity (Wildman–Crippen MR) is 41.8 cm³/mol. The third-order valence-electron chi connectivity index (χ3n) is 1.85. The van der Waals surface area contributed by atoms with E-state index in [1.807, 2.05) is 0 Å². The van der Waals surface area contributed by atoms with Crippen molar-refractivity contribution in [1.82, 2.24) is 0 Å². The molecule has 0 bridgehead atoms. The molecule has 0 saturated carbocycles. The first kappa shape index (κ1) is 9.92. The first-order valence-corrected chi connectivity index (χ1v) is 4.01. The number of hydrogen-bond donors (Lipinski definition) is 2. The molecule has 0 rings (SSSR count). The van der Waals surface area contributed by atoms with Gasteiger partial charge in [0.05, 0.1) is 6.10 Å². The van der Waals surface area contributed by atoms with Crippen molar-refractivity contribution in [2.24, 2.45) is 5.92 Å². The SMILES string of the molecule is CCCC[C@H](CO)[C@H](C)O. The summed E-state index contributed by atoms with van der Waals surface area (Å²) in [7, 11) is 0. The van der Waals surface area contributed by atoms with E-state index in [1.165, 1.54) is 0 Å². The number of unbranched alkanes of at least 4 members (excludes halogenated alkanes) is 1. The van der Waals surface area contributed by atoms with Crippen LogP contribution in [-0.2, 0) is 0 Å². The summed E-state index contributed by atoms with van der Waals surface area (Å²) in [5.74, 6) is 0.0833. The van der Waals surface area contributed by atoms with Gasteiger partial charge in [-0.15, -0.1) is 0 Å². The van der Waals surface area contributed by atoms with Gasteiger partial charge in [0.25, 0.3) is 0 Å². The number of aliphatic hydroxyl groups is 2. The molecule has 0 aliphatic heterocycles. The Morgan fingerprint density at radius 2 is 2.00 bits per heavy atom. The van der Waals surface area contributed by atoms with Crippen LogP contribution in [0.4, 0.5) is 0 Å². The number of aliphatic hydroxyl groups excluding tert-OH is 2. The van der Waals surface area contributed by atoms with E-state index in [1.54, 1.807) is 6.92 Å². The largest absolute Gasteiger partial charge is 0.396 e. The molecular formula is C8H18O2. The van der Waals surface area contributed by atoms with Crippen LogP contribution in [0.15, 0.2) is 0 Å². The second-order valence-electron chi connectivity index (χ2n) is 2.83. The minimum absolute atomic E-state index is 0.0833. The second-order valence-corrected chi connectivity index (χ2v) is 2.83. The highest BCUT2D eigenvalue weighted by atomic mass is 16.3. The highest BCUT2D eigenvalue weighted by Gasteiger charge is 2.11. The first-order chi connectivity index (χ1) is 4.72. The summed E-state index contributed by atoms with van der Waals surface area (Å²) in [5.41, 5.74) is 0. The Labute approximate surface area is 62.9 Å². The van der Waals surface area contributed by atoms with E-state index in [-0.39, 0.29) is 18.6 Å². The summed E-state index contributed by atoms with van der Waals surface area (Å²) in [5, 5.41) is 17.8. The molecule has 0 radical (unpaired) electrons. The van der Waals surface area contributed by atoms with Crippen molar-refractivity contribution in [3.63, 3.8) is 0 Å².